The zero-order valence-corrected chi connectivity index (χ0v) is 10.5. The van der Waals surface area contributed by atoms with Crippen LogP contribution in [0.1, 0.15) is 15.9 Å². The van der Waals surface area contributed by atoms with Crippen LogP contribution in [0.15, 0.2) is 23.7 Å². The summed E-state index contributed by atoms with van der Waals surface area (Å²) in [5.41, 5.74) is -0.663. The third-order valence-corrected chi connectivity index (χ3v) is 3.04. The highest BCUT2D eigenvalue weighted by Gasteiger charge is 2.20. The van der Waals surface area contributed by atoms with Crippen molar-refractivity contribution < 1.29 is 14.1 Å². The Balaban J connectivity index is 2.38. The van der Waals surface area contributed by atoms with Gasteiger partial charge in [0.2, 0.25) is 0 Å². The zero-order chi connectivity index (χ0) is 14.0. The molecule has 0 radical (unpaired) electrons. The monoisotopic (exact) mass is 281 g/mol. The van der Waals surface area contributed by atoms with Gasteiger partial charge in [-0.3, -0.25) is 20.2 Å². The first-order valence-corrected chi connectivity index (χ1v) is 6.02. The first-order chi connectivity index (χ1) is 8.99. The van der Waals surface area contributed by atoms with E-state index in [2.05, 4.69) is 10.3 Å². The molecule has 0 unspecified atom stereocenters. The topological polar surface area (TPSA) is 85.1 Å². The van der Waals surface area contributed by atoms with Gasteiger partial charge in [0.1, 0.15) is 5.82 Å². The summed E-state index contributed by atoms with van der Waals surface area (Å²) in [6, 6.07) is 1.99. The minimum atomic E-state index is -0.778. The molecule has 98 valence electrons. The predicted molar refractivity (Wildman–Crippen MR) is 67.9 cm³/mol. The number of hydrogen-bond acceptors (Lipinski definition) is 5. The minimum Gasteiger partial charge on any atom is -0.298 e. The Hall–Kier alpha value is -2.35. The average Bonchev–Trinajstić information content (AvgIpc) is 2.84. The Bertz CT molecular complexity index is 643. The highest BCUT2D eigenvalue weighted by molar-refractivity contribution is 7.13. The number of nitrogens with one attached hydrogen (secondary N) is 1. The molecule has 2 aromatic rings. The third kappa shape index (κ3) is 2.74. The van der Waals surface area contributed by atoms with Gasteiger partial charge in [-0.1, -0.05) is 0 Å². The number of nitro benzene ring substituents is 1. The number of aromatic nitrogens is 1. The van der Waals surface area contributed by atoms with Crippen LogP contribution in [-0.4, -0.2) is 15.8 Å². The lowest BCUT2D eigenvalue weighted by Crippen LogP contribution is -2.14. The second-order valence-electron chi connectivity index (χ2n) is 3.67. The maximum absolute atomic E-state index is 13.8. The molecule has 6 nitrogen and oxygen atoms in total. The highest BCUT2D eigenvalue weighted by atomic mass is 32.1. The number of amides is 1. The molecule has 0 aliphatic rings. The van der Waals surface area contributed by atoms with Crippen molar-refractivity contribution in [3.63, 3.8) is 0 Å². The molecule has 0 bridgehead atoms. The summed E-state index contributed by atoms with van der Waals surface area (Å²) in [6.07, 6.45) is 1.48. The molecule has 0 aliphatic heterocycles. The molecule has 0 fully saturated rings. The number of hydrogen-bond donors (Lipinski definition) is 1. The normalized spacial score (nSPS) is 10.2. The average molecular weight is 281 g/mol. The Kier molecular flexibility index (Phi) is 3.52. The van der Waals surface area contributed by atoms with Crippen molar-refractivity contribution in [3.8, 4) is 0 Å². The van der Waals surface area contributed by atoms with Crippen LogP contribution in [0.5, 0.6) is 0 Å². The van der Waals surface area contributed by atoms with Crippen LogP contribution in [0, 0.1) is 22.9 Å². The molecule has 8 heteroatoms. The van der Waals surface area contributed by atoms with Crippen molar-refractivity contribution in [1.29, 1.82) is 0 Å². The number of carbonyl (C=O) groups is 1. The molecule has 0 spiro atoms. The number of aryl methyl sites for hydroxylation is 1. The smallest absolute Gasteiger partial charge is 0.270 e. The van der Waals surface area contributed by atoms with Gasteiger partial charge in [-0.05, 0) is 12.5 Å². The summed E-state index contributed by atoms with van der Waals surface area (Å²) in [5, 5.41) is 15.0. The number of non-ortho nitro benzene ring substituents is 1. The van der Waals surface area contributed by atoms with Crippen molar-refractivity contribution >= 4 is 28.1 Å². The van der Waals surface area contributed by atoms with Gasteiger partial charge in [-0.15, -0.1) is 11.3 Å². The lowest BCUT2D eigenvalue weighted by atomic mass is 10.1. The molecule has 1 aromatic heterocycles. The molecule has 0 aliphatic carbocycles. The van der Waals surface area contributed by atoms with E-state index in [4.69, 9.17) is 0 Å². The van der Waals surface area contributed by atoms with Gasteiger partial charge in [0.05, 0.1) is 10.5 Å². The first kappa shape index (κ1) is 13.1. The van der Waals surface area contributed by atoms with Crippen molar-refractivity contribution in [3.05, 3.63) is 50.8 Å². The summed E-state index contributed by atoms with van der Waals surface area (Å²) in [7, 11) is 0. The van der Waals surface area contributed by atoms with Crippen molar-refractivity contribution in [2.45, 2.75) is 6.92 Å². The van der Waals surface area contributed by atoms with Gasteiger partial charge in [0, 0.05) is 23.7 Å². The van der Waals surface area contributed by atoms with Crippen LogP contribution in [0.4, 0.5) is 15.2 Å². The molecule has 1 amide bonds. The van der Waals surface area contributed by atoms with E-state index in [9.17, 15) is 19.3 Å². The van der Waals surface area contributed by atoms with E-state index in [-0.39, 0.29) is 16.8 Å². The molecule has 0 saturated heterocycles. The molecule has 19 heavy (non-hydrogen) atoms. The third-order valence-electron chi connectivity index (χ3n) is 2.35. The molecule has 1 N–H and O–H groups in total. The number of carbonyl (C=O) groups excluding carboxylic acids is 1. The maximum Gasteiger partial charge on any atom is 0.270 e. The second-order valence-corrected chi connectivity index (χ2v) is 4.57. The number of thiazole rings is 1. The number of benzene rings is 1. The maximum atomic E-state index is 13.8. The number of nitrogens with zero attached hydrogens (tertiary/aromatic N) is 2. The predicted octanol–water partition coefficient (Wildman–Crippen LogP) is 2.75. The van der Waals surface area contributed by atoms with Crippen molar-refractivity contribution in [1.82, 2.24) is 4.98 Å². The Morgan fingerprint density at radius 1 is 1.53 bits per heavy atom. The van der Waals surface area contributed by atoms with Crippen molar-refractivity contribution in [2.24, 2.45) is 0 Å². The fraction of sp³-hybridized carbons (Fsp3) is 0.0909. The van der Waals surface area contributed by atoms with Crippen LogP contribution in [0.25, 0.3) is 0 Å². The van der Waals surface area contributed by atoms with E-state index < -0.39 is 16.6 Å². The molecule has 1 heterocycles. The largest absolute Gasteiger partial charge is 0.298 e. The Labute approximate surface area is 111 Å². The molecular weight excluding hydrogens is 273 g/mol. The van der Waals surface area contributed by atoms with E-state index in [1.165, 1.54) is 24.5 Å². The van der Waals surface area contributed by atoms with Gasteiger partial charge >= 0.3 is 0 Å². The van der Waals surface area contributed by atoms with Gasteiger partial charge in [0.25, 0.3) is 11.6 Å². The summed E-state index contributed by atoms with van der Waals surface area (Å²) in [5.74, 6) is -1.54. The lowest BCUT2D eigenvalue weighted by molar-refractivity contribution is -0.385. The standard InChI is InChI=1S/C11H8FN3O3S/c1-6-4-7(15(17)18)5-8(9(6)12)10(16)14-11-13-2-3-19-11/h2-5H,1H3,(H,13,14,16). The van der Waals surface area contributed by atoms with E-state index >= 15 is 0 Å². The second kappa shape index (κ2) is 5.11. The van der Waals surface area contributed by atoms with Gasteiger partial charge in [-0.25, -0.2) is 9.37 Å². The summed E-state index contributed by atoms with van der Waals surface area (Å²) in [6.45, 7) is 1.36. The molecular formula is C11H8FN3O3S. The minimum absolute atomic E-state index is 0.0403. The first-order valence-electron chi connectivity index (χ1n) is 5.14. The summed E-state index contributed by atoms with van der Waals surface area (Å²) >= 11 is 1.17. The number of halogens is 1. The van der Waals surface area contributed by atoms with Gasteiger partial charge in [0.15, 0.2) is 5.13 Å². The van der Waals surface area contributed by atoms with Crippen molar-refractivity contribution in [2.75, 3.05) is 5.32 Å². The van der Waals surface area contributed by atoms with E-state index in [0.717, 1.165) is 12.1 Å². The molecule has 1 aromatic carbocycles. The quantitative estimate of drug-likeness (QED) is 0.692. The summed E-state index contributed by atoms with van der Waals surface area (Å²) < 4.78 is 13.8. The van der Waals surface area contributed by atoms with Gasteiger partial charge in [-0.2, -0.15) is 0 Å². The van der Waals surface area contributed by atoms with E-state index in [1.807, 2.05) is 0 Å². The number of rotatable bonds is 3. The molecule has 2 rings (SSSR count). The lowest BCUT2D eigenvalue weighted by Gasteiger charge is -2.05. The van der Waals surface area contributed by atoms with Crippen LogP contribution < -0.4 is 5.32 Å². The summed E-state index contributed by atoms with van der Waals surface area (Å²) in [4.78, 5) is 25.7. The Morgan fingerprint density at radius 3 is 2.84 bits per heavy atom. The fourth-order valence-electron chi connectivity index (χ4n) is 1.47. The van der Waals surface area contributed by atoms with Crippen LogP contribution in [0.2, 0.25) is 0 Å². The molecule has 0 saturated carbocycles. The Morgan fingerprint density at radius 2 is 2.26 bits per heavy atom. The van der Waals surface area contributed by atoms with E-state index in [0.29, 0.717) is 5.13 Å². The zero-order valence-electron chi connectivity index (χ0n) is 9.71. The SMILES string of the molecule is Cc1cc([N+](=O)[O-])cc(C(=O)Nc2nccs2)c1F. The highest BCUT2D eigenvalue weighted by Crippen LogP contribution is 2.22. The number of anilines is 1. The molecule has 0 atom stereocenters. The van der Waals surface area contributed by atoms with Crippen LogP contribution in [-0.2, 0) is 0 Å². The van der Waals surface area contributed by atoms with Crippen LogP contribution >= 0.6 is 11.3 Å². The van der Waals surface area contributed by atoms with Crippen LogP contribution in [0.3, 0.4) is 0 Å². The number of nitro groups is 1. The fourth-order valence-corrected chi connectivity index (χ4v) is 1.99. The van der Waals surface area contributed by atoms with E-state index in [1.54, 1.807) is 5.38 Å². The van der Waals surface area contributed by atoms with Gasteiger partial charge < -0.3 is 0 Å².